The monoisotopic (exact) mass is 209 g/mol. The van der Waals surface area contributed by atoms with Crippen LogP contribution in [0.15, 0.2) is 23.2 Å². The fourth-order valence-electron chi connectivity index (χ4n) is 1.05. The molecule has 80 valence electrons. The van der Waals surface area contributed by atoms with Crippen molar-refractivity contribution in [2.24, 2.45) is 16.5 Å². The van der Waals surface area contributed by atoms with Gasteiger partial charge in [-0.25, -0.2) is 9.79 Å². The number of carboxylic acids is 1. The van der Waals surface area contributed by atoms with Gasteiger partial charge in [-0.1, -0.05) is 0 Å². The van der Waals surface area contributed by atoms with E-state index in [1.807, 2.05) is 0 Å². The van der Waals surface area contributed by atoms with Gasteiger partial charge >= 0.3 is 5.97 Å². The van der Waals surface area contributed by atoms with Gasteiger partial charge < -0.3 is 21.3 Å². The maximum Gasteiger partial charge on any atom is 0.335 e. The second-order valence-corrected chi connectivity index (χ2v) is 2.73. The third-order valence-electron chi connectivity index (χ3n) is 1.68. The van der Waals surface area contributed by atoms with Crippen molar-refractivity contribution in [3.63, 3.8) is 0 Å². The maximum atomic E-state index is 10.7. The van der Waals surface area contributed by atoms with Crippen molar-refractivity contribution < 1.29 is 14.6 Å². The number of carbonyl (C=O) groups is 1. The van der Waals surface area contributed by atoms with Crippen molar-refractivity contribution >= 4 is 17.6 Å². The summed E-state index contributed by atoms with van der Waals surface area (Å²) < 4.78 is 4.97. The zero-order valence-corrected chi connectivity index (χ0v) is 8.10. The molecule has 0 unspecified atom stereocenters. The average molecular weight is 209 g/mol. The van der Waals surface area contributed by atoms with E-state index in [1.165, 1.54) is 25.3 Å². The molecule has 0 radical (unpaired) electrons. The molecule has 15 heavy (non-hydrogen) atoms. The summed E-state index contributed by atoms with van der Waals surface area (Å²) in [7, 11) is 1.45. The molecule has 0 bridgehead atoms. The molecule has 0 aliphatic heterocycles. The Labute approximate surface area is 86.2 Å². The zero-order chi connectivity index (χ0) is 11.4. The first-order valence-electron chi connectivity index (χ1n) is 4.05. The molecule has 5 N–H and O–H groups in total. The van der Waals surface area contributed by atoms with E-state index in [-0.39, 0.29) is 17.2 Å². The van der Waals surface area contributed by atoms with Gasteiger partial charge in [0.25, 0.3) is 0 Å². The molecule has 0 aliphatic rings. The number of aliphatic imine (C=N–C) groups is 1. The van der Waals surface area contributed by atoms with Crippen molar-refractivity contribution in [2.75, 3.05) is 7.11 Å². The molecule has 0 heterocycles. The highest BCUT2D eigenvalue weighted by molar-refractivity contribution is 5.90. The number of aromatic carboxylic acids is 1. The van der Waals surface area contributed by atoms with E-state index in [0.717, 1.165) is 0 Å². The largest absolute Gasteiger partial charge is 0.494 e. The molecule has 0 aromatic heterocycles. The highest BCUT2D eigenvalue weighted by atomic mass is 16.5. The second-order valence-electron chi connectivity index (χ2n) is 2.73. The van der Waals surface area contributed by atoms with Crippen molar-refractivity contribution in [1.29, 1.82) is 0 Å². The Morgan fingerprint density at radius 2 is 2.13 bits per heavy atom. The molecule has 0 aliphatic carbocycles. The van der Waals surface area contributed by atoms with Crippen LogP contribution in [0.3, 0.4) is 0 Å². The van der Waals surface area contributed by atoms with E-state index in [0.29, 0.717) is 5.75 Å². The molecule has 0 saturated carbocycles. The number of hydrogen-bond donors (Lipinski definition) is 3. The van der Waals surface area contributed by atoms with Crippen molar-refractivity contribution in [2.45, 2.75) is 0 Å². The molecule has 6 nitrogen and oxygen atoms in total. The topological polar surface area (TPSA) is 111 Å². The molecule has 0 fully saturated rings. The molecular formula is C9H11N3O3. The average Bonchev–Trinajstić information content (AvgIpc) is 2.16. The first-order valence-corrected chi connectivity index (χ1v) is 4.05. The fraction of sp³-hybridized carbons (Fsp3) is 0.111. The number of ether oxygens (including phenoxy) is 1. The molecule has 0 saturated heterocycles. The summed E-state index contributed by atoms with van der Waals surface area (Å²) >= 11 is 0. The third kappa shape index (κ3) is 2.60. The Kier molecular flexibility index (Phi) is 3.12. The number of hydrogen-bond acceptors (Lipinski definition) is 3. The molecule has 6 heteroatoms. The second kappa shape index (κ2) is 4.32. The summed E-state index contributed by atoms with van der Waals surface area (Å²) in [4.78, 5) is 14.4. The number of methoxy groups -OCH3 is 1. The van der Waals surface area contributed by atoms with Gasteiger partial charge in [0.15, 0.2) is 5.96 Å². The summed E-state index contributed by atoms with van der Waals surface area (Å²) in [5.74, 6) is -0.797. The summed E-state index contributed by atoms with van der Waals surface area (Å²) in [6, 6.07) is 4.24. The van der Waals surface area contributed by atoms with Gasteiger partial charge in [-0.05, 0) is 18.2 Å². The van der Waals surface area contributed by atoms with Crippen LogP contribution in [0.4, 0.5) is 5.69 Å². The molecule has 1 aromatic rings. The molecule has 1 aromatic carbocycles. The molecular weight excluding hydrogens is 198 g/mol. The number of nitrogens with zero attached hydrogens (tertiary/aromatic N) is 1. The smallest absolute Gasteiger partial charge is 0.335 e. The van der Waals surface area contributed by atoms with Crippen LogP contribution < -0.4 is 16.2 Å². The lowest BCUT2D eigenvalue weighted by atomic mass is 10.2. The molecule has 0 amide bonds. The van der Waals surface area contributed by atoms with E-state index in [2.05, 4.69) is 4.99 Å². The summed E-state index contributed by atoms with van der Waals surface area (Å²) in [6.45, 7) is 0. The minimum absolute atomic E-state index is 0.0933. The predicted octanol–water partition coefficient (Wildman–Crippen LogP) is 0.298. The van der Waals surface area contributed by atoms with E-state index in [9.17, 15) is 4.79 Å². The summed E-state index contributed by atoms with van der Waals surface area (Å²) in [5.41, 5.74) is 10.8. The van der Waals surface area contributed by atoms with Crippen LogP contribution in [0, 0.1) is 0 Å². The van der Waals surface area contributed by atoms with Crippen LogP contribution in [0.2, 0.25) is 0 Å². The predicted molar refractivity (Wildman–Crippen MR) is 55.4 cm³/mol. The van der Waals surface area contributed by atoms with Crippen LogP contribution in [0.25, 0.3) is 0 Å². The van der Waals surface area contributed by atoms with Crippen molar-refractivity contribution in [3.8, 4) is 5.75 Å². The highest BCUT2D eigenvalue weighted by Gasteiger charge is 2.08. The van der Waals surface area contributed by atoms with Crippen LogP contribution in [-0.4, -0.2) is 24.1 Å². The Hall–Kier alpha value is -2.24. The van der Waals surface area contributed by atoms with Gasteiger partial charge in [0, 0.05) is 0 Å². The maximum absolute atomic E-state index is 10.7. The number of benzene rings is 1. The van der Waals surface area contributed by atoms with Gasteiger partial charge in [-0.15, -0.1) is 0 Å². The van der Waals surface area contributed by atoms with Gasteiger partial charge in [0.1, 0.15) is 11.4 Å². The molecule has 0 atom stereocenters. The van der Waals surface area contributed by atoms with Gasteiger partial charge in [0.05, 0.1) is 12.7 Å². The standard InChI is InChI=1S/C9H11N3O3/c1-15-7-3-2-5(8(13)14)4-6(7)12-9(10)11/h2-4H,1H3,(H,13,14)(H4,10,11,12). The Morgan fingerprint density at radius 1 is 1.47 bits per heavy atom. The van der Waals surface area contributed by atoms with Crippen LogP contribution in [-0.2, 0) is 0 Å². The Balaban J connectivity index is 3.25. The van der Waals surface area contributed by atoms with Gasteiger partial charge in [-0.2, -0.15) is 0 Å². The number of carboxylic acid groups (broad SMARTS) is 1. The lowest BCUT2D eigenvalue weighted by Gasteiger charge is -2.05. The van der Waals surface area contributed by atoms with Gasteiger partial charge in [0.2, 0.25) is 0 Å². The van der Waals surface area contributed by atoms with Crippen molar-refractivity contribution in [1.82, 2.24) is 0 Å². The van der Waals surface area contributed by atoms with Crippen molar-refractivity contribution in [3.05, 3.63) is 23.8 Å². The minimum atomic E-state index is -1.05. The first kappa shape index (κ1) is 10.8. The van der Waals surface area contributed by atoms with E-state index in [4.69, 9.17) is 21.3 Å². The minimum Gasteiger partial charge on any atom is -0.494 e. The zero-order valence-electron chi connectivity index (χ0n) is 8.10. The van der Waals surface area contributed by atoms with Crippen LogP contribution in [0.5, 0.6) is 5.75 Å². The number of rotatable bonds is 3. The lowest BCUT2D eigenvalue weighted by molar-refractivity contribution is 0.0697. The fourth-order valence-corrected chi connectivity index (χ4v) is 1.05. The first-order chi connectivity index (χ1) is 7.04. The Morgan fingerprint density at radius 3 is 2.60 bits per heavy atom. The number of nitrogens with two attached hydrogens (primary N) is 2. The lowest BCUT2D eigenvalue weighted by Crippen LogP contribution is -2.22. The summed E-state index contributed by atoms with van der Waals surface area (Å²) in [6.07, 6.45) is 0. The molecule has 0 spiro atoms. The van der Waals surface area contributed by atoms with Crippen LogP contribution in [0.1, 0.15) is 10.4 Å². The molecule has 1 rings (SSSR count). The van der Waals surface area contributed by atoms with Gasteiger partial charge in [-0.3, -0.25) is 0 Å². The van der Waals surface area contributed by atoms with E-state index >= 15 is 0 Å². The Bertz CT molecular complexity index is 411. The number of guanidine groups is 1. The summed E-state index contributed by atoms with van der Waals surface area (Å²) in [5, 5.41) is 8.76. The normalized spacial score (nSPS) is 9.40. The quantitative estimate of drug-likeness (QED) is 0.489. The van der Waals surface area contributed by atoms with Crippen LogP contribution >= 0.6 is 0 Å². The van der Waals surface area contributed by atoms with E-state index < -0.39 is 5.97 Å². The van der Waals surface area contributed by atoms with E-state index in [1.54, 1.807) is 0 Å². The highest BCUT2D eigenvalue weighted by Crippen LogP contribution is 2.28. The third-order valence-corrected chi connectivity index (χ3v) is 1.68. The SMILES string of the molecule is COc1ccc(C(=O)O)cc1N=C(N)N.